The number of hydrogen-bond donors (Lipinski definition) is 1. The zero-order valence-corrected chi connectivity index (χ0v) is 10.8. The van der Waals surface area contributed by atoms with Crippen molar-refractivity contribution >= 4 is 17.7 Å². The fraction of sp³-hybridized carbons (Fsp3) is 0.545. The number of amides is 1. The molecule has 0 saturated carbocycles. The number of likely N-dealkylation sites (tertiary alicyclic amines) is 1. The van der Waals surface area contributed by atoms with Crippen LogP contribution in [0.1, 0.15) is 13.3 Å². The summed E-state index contributed by atoms with van der Waals surface area (Å²) in [7, 11) is 0. The molecule has 0 spiro atoms. The number of hydrogen-bond acceptors (Lipinski definition) is 5. The number of rotatable bonds is 4. The Hall–Kier alpha value is -2.45. The maximum absolute atomic E-state index is 12.1. The molecule has 9 nitrogen and oxygen atoms in total. The smallest absolute Gasteiger partial charge is 0.389 e. The van der Waals surface area contributed by atoms with Crippen LogP contribution in [-0.4, -0.2) is 49.2 Å². The summed E-state index contributed by atoms with van der Waals surface area (Å²) in [6.07, 6.45) is 1.77. The van der Waals surface area contributed by atoms with E-state index in [1.54, 1.807) is 6.92 Å². The number of carboxylic acids is 1. The minimum Gasteiger partial charge on any atom is -0.481 e. The van der Waals surface area contributed by atoms with Crippen molar-refractivity contribution < 1.29 is 19.6 Å². The fourth-order valence-electron chi connectivity index (χ4n) is 2.39. The molecule has 1 aromatic heterocycles. The van der Waals surface area contributed by atoms with Gasteiger partial charge in [-0.05, 0) is 18.3 Å². The summed E-state index contributed by atoms with van der Waals surface area (Å²) in [5.41, 5.74) is 0. The molecule has 2 heterocycles. The van der Waals surface area contributed by atoms with Gasteiger partial charge in [0, 0.05) is 12.6 Å². The van der Waals surface area contributed by atoms with Crippen molar-refractivity contribution in [3.8, 4) is 0 Å². The lowest BCUT2D eigenvalue weighted by molar-refractivity contribution is -0.389. The first-order valence-corrected chi connectivity index (χ1v) is 6.10. The number of carbonyl (C=O) groups excluding carboxylic acids is 1. The van der Waals surface area contributed by atoms with Gasteiger partial charge < -0.3 is 20.1 Å². The van der Waals surface area contributed by atoms with E-state index in [1.807, 2.05) is 0 Å². The quantitative estimate of drug-likeness (QED) is 0.618. The van der Waals surface area contributed by atoms with Gasteiger partial charge in [0.2, 0.25) is 5.91 Å². The molecule has 0 bridgehead atoms. The van der Waals surface area contributed by atoms with Gasteiger partial charge in [-0.2, -0.15) is 4.68 Å². The van der Waals surface area contributed by atoms with Gasteiger partial charge in [-0.15, -0.1) is 0 Å². The number of carbonyl (C=O) groups is 2. The maximum atomic E-state index is 12.1. The van der Waals surface area contributed by atoms with E-state index in [9.17, 15) is 19.7 Å². The van der Waals surface area contributed by atoms with Crippen molar-refractivity contribution in [1.29, 1.82) is 0 Å². The van der Waals surface area contributed by atoms with Gasteiger partial charge in [0.25, 0.3) is 0 Å². The molecular weight excluding hydrogens is 268 g/mol. The van der Waals surface area contributed by atoms with E-state index in [4.69, 9.17) is 5.11 Å². The highest BCUT2D eigenvalue weighted by molar-refractivity contribution is 5.79. The first-order valence-electron chi connectivity index (χ1n) is 6.10. The van der Waals surface area contributed by atoms with Gasteiger partial charge in [-0.1, -0.05) is 0 Å². The van der Waals surface area contributed by atoms with Gasteiger partial charge >= 0.3 is 11.8 Å². The molecule has 2 rings (SSSR count). The van der Waals surface area contributed by atoms with Gasteiger partial charge in [-0.25, -0.2) is 0 Å². The highest BCUT2D eigenvalue weighted by atomic mass is 16.6. The predicted molar refractivity (Wildman–Crippen MR) is 65.8 cm³/mol. The van der Waals surface area contributed by atoms with Crippen molar-refractivity contribution in [2.75, 3.05) is 6.54 Å². The molecule has 9 heteroatoms. The van der Waals surface area contributed by atoms with E-state index in [1.165, 1.54) is 21.8 Å². The summed E-state index contributed by atoms with van der Waals surface area (Å²) in [5, 5.41) is 23.2. The number of nitrogens with zero attached hydrogens (tertiary/aromatic N) is 4. The van der Waals surface area contributed by atoms with Crippen LogP contribution in [0.3, 0.4) is 0 Å². The lowest BCUT2D eigenvalue weighted by Gasteiger charge is -2.22. The summed E-state index contributed by atoms with van der Waals surface area (Å²) in [4.78, 5) is 34.4. The molecule has 1 N–H and O–H groups in total. The molecule has 1 aliphatic rings. The van der Waals surface area contributed by atoms with E-state index in [0.717, 1.165) is 0 Å². The van der Waals surface area contributed by atoms with Crippen LogP contribution in [0.15, 0.2) is 12.3 Å². The molecule has 1 amide bonds. The molecule has 20 heavy (non-hydrogen) atoms. The topological polar surface area (TPSA) is 119 Å². The van der Waals surface area contributed by atoms with Crippen LogP contribution >= 0.6 is 0 Å². The Bertz CT molecular complexity index is 555. The first kappa shape index (κ1) is 14.0. The molecule has 0 radical (unpaired) electrons. The second-order valence-electron chi connectivity index (χ2n) is 4.69. The van der Waals surface area contributed by atoms with Crippen molar-refractivity contribution in [3.63, 3.8) is 0 Å². The van der Waals surface area contributed by atoms with Gasteiger partial charge in [0.1, 0.15) is 6.54 Å². The van der Waals surface area contributed by atoms with Crippen LogP contribution in [0, 0.1) is 16.0 Å². The number of carboxylic acid groups (broad SMARTS) is 1. The third-order valence-corrected chi connectivity index (χ3v) is 3.50. The summed E-state index contributed by atoms with van der Waals surface area (Å²) < 4.78 is 1.18. The second-order valence-corrected chi connectivity index (χ2v) is 4.69. The first-order chi connectivity index (χ1) is 9.40. The SMILES string of the molecule is CC1C(C(=O)O)CCN1C(=O)Cn1ccc([N+](=O)[O-])n1. The Morgan fingerprint density at radius 2 is 2.30 bits per heavy atom. The lowest BCUT2D eigenvalue weighted by Crippen LogP contribution is -2.39. The highest BCUT2D eigenvalue weighted by Gasteiger charge is 2.38. The van der Waals surface area contributed by atoms with E-state index < -0.39 is 16.8 Å². The van der Waals surface area contributed by atoms with Crippen LogP contribution in [0.4, 0.5) is 5.82 Å². The van der Waals surface area contributed by atoms with Crippen LogP contribution in [0.2, 0.25) is 0 Å². The Morgan fingerprint density at radius 3 is 2.80 bits per heavy atom. The van der Waals surface area contributed by atoms with Gasteiger partial charge in [-0.3, -0.25) is 9.59 Å². The predicted octanol–water partition coefficient (Wildman–Crippen LogP) is 0.113. The molecular formula is C11H14N4O5. The third kappa shape index (κ3) is 2.60. The van der Waals surface area contributed by atoms with Gasteiger partial charge in [0.05, 0.1) is 23.3 Å². The second kappa shape index (κ2) is 5.27. The molecule has 1 aliphatic heterocycles. The average Bonchev–Trinajstić information content (AvgIpc) is 2.95. The van der Waals surface area contributed by atoms with Crippen molar-refractivity contribution in [3.05, 3.63) is 22.4 Å². The summed E-state index contributed by atoms with van der Waals surface area (Å²) in [6, 6.07) is 0.825. The standard InChI is InChI=1S/C11H14N4O5/c1-7-8(11(17)18)2-5-14(7)10(16)6-13-4-3-9(12-13)15(19)20/h3-4,7-8H,2,5-6H2,1H3,(H,17,18). The minimum absolute atomic E-state index is 0.134. The molecule has 0 aliphatic carbocycles. The maximum Gasteiger partial charge on any atom is 0.389 e. The van der Waals surface area contributed by atoms with Gasteiger partial charge in [0.15, 0.2) is 0 Å². The lowest BCUT2D eigenvalue weighted by atomic mass is 10.0. The summed E-state index contributed by atoms with van der Waals surface area (Å²) >= 11 is 0. The summed E-state index contributed by atoms with van der Waals surface area (Å²) in [6.45, 7) is 1.93. The van der Waals surface area contributed by atoms with E-state index in [-0.39, 0.29) is 24.3 Å². The Kier molecular flexibility index (Phi) is 3.68. The van der Waals surface area contributed by atoms with E-state index in [2.05, 4.69) is 5.10 Å². The normalized spacial score (nSPS) is 21.9. The molecule has 2 atom stereocenters. The Labute approximate surface area is 113 Å². The Balaban J connectivity index is 2.01. The molecule has 108 valence electrons. The monoisotopic (exact) mass is 282 g/mol. The van der Waals surface area contributed by atoms with Crippen LogP contribution in [0.25, 0.3) is 0 Å². The third-order valence-electron chi connectivity index (χ3n) is 3.50. The van der Waals surface area contributed by atoms with E-state index >= 15 is 0 Å². The molecule has 0 aromatic carbocycles. The van der Waals surface area contributed by atoms with Crippen LogP contribution in [-0.2, 0) is 16.1 Å². The van der Waals surface area contributed by atoms with Crippen LogP contribution < -0.4 is 0 Å². The number of aromatic nitrogens is 2. The zero-order valence-electron chi connectivity index (χ0n) is 10.8. The largest absolute Gasteiger partial charge is 0.481 e. The van der Waals surface area contributed by atoms with Crippen LogP contribution in [0.5, 0.6) is 0 Å². The molecule has 1 aromatic rings. The number of aliphatic carboxylic acids is 1. The molecule has 1 saturated heterocycles. The summed E-state index contributed by atoms with van der Waals surface area (Å²) in [5.74, 6) is -2.09. The number of nitro groups is 1. The minimum atomic E-state index is -0.914. The van der Waals surface area contributed by atoms with Crippen molar-refractivity contribution in [1.82, 2.24) is 14.7 Å². The molecule has 2 unspecified atom stereocenters. The fourth-order valence-corrected chi connectivity index (χ4v) is 2.39. The zero-order chi connectivity index (χ0) is 14.9. The Morgan fingerprint density at radius 1 is 1.60 bits per heavy atom. The average molecular weight is 282 g/mol. The van der Waals surface area contributed by atoms with Crippen molar-refractivity contribution in [2.24, 2.45) is 5.92 Å². The van der Waals surface area contributed by atoms with E-state index in [0.29, 0.717) is 13.0 Å². The van der Waals surface area contributed by atoms with Crippen molar-refractivity contribution in [2.45, 2.75) is 25.9 Å². The highest BCUT2D eigenvalue weighted by Crippen LogP contribution is 2.24. The molecule has 1 fully saturated rings.